The summed E-state index contributed by atoms with van der Waals surface area (Å²) in [7, 11) is 3.20. The fraction of sp³-hybridized carbons (Fsp3) is 0.556. The van der Waals surface area contributed by atoms with E-state index >= 15 is 0 Å². The first-order valence-corrected chi connectivity index (χ1v) is 7.98. The largest absolute Gasteiger partial charge is 0.462 e. The maximum atomic E-state index is 12.2. The van der Waals surface area contributed by atoms with Crippen LogP contribution in [0.25, 0.3) is 0 Å². The summed E-state index contributed by atoms with van der Waals surface area (Å²) in [4.78, 5) is 24.4. The summed E-state index contributed by atoms with van der Waals surface area (Å²) in [6.45, 7) is 4.23. The molecule has 0 bridgehead atoms. The van der Waals surface area contributed by atoms with Crippen molar-refractivity contribution in [1.82, 2.24) is 0 Å². The Labute approximate surface area is 143 Å². The van der Waals surface area contributed by atoms with Crippen molar-refractivity contribution in [2.75, 3.05) is 27.4 Å². The van der Waals surface area contributed by atoms with E-state index in [-0.39, 0.29) is 36.5 Å². The predicted molar refractivity (Wildman–Crippen MR) is 89.2 cm³/mol. The third-order valence-corrected chi connectivity index (χ3v) is 3.69. The molecule has 0 unspecified atom stereocenters. The number of hydrogen-bond donors (Lipinski definition) is 0. The molecule has 1 aromatic carbocycles. The minimum absolute atomic E-state index is 0.000725. The fourth-order valence-corrected chi connectivity index (χ4v) is 1.87. The first kappa shape index (κ1) is 20.1. The Bertz CT molecular complexity index is 481. The van der Waals surface area contributed by atoms with Gasteiger partial charge in [-0.05, 0) is 26.0 Å². The summed E-state index contributed by atoms with van der Waals surface area (Å²) in [5.74, 6) is -1.09. The van der Waals surface area contributed by atoms with Crippen molar-refractivity contribution in [3.63, 3.8) is 0 Å². The smallest absolute Gasteiger partial charge is 0.339 e. The third kappa shape index (κ3) is 6.68. The molecule has 6 nitrogen and oxygen atoms in total. The van der Waals surface area contributed by atoms with Gasteiger partial charge in [0, 0.05) is 27.1 Å². The summed E-state index contributed by atoms with van der Waals surface area (Å²) < 4.78 is 20.6. The highest BCUT2D eigenvalue weighted by Crippen LogP contribution is 2.13. The first-order chi connectivity index (χ1) is 11.5. The molecule has 0 saturated heterocycles. The van der Waals surface area contributed by atoms with Crippen LogP contribution < -0.4 is 0 Å². The van der Waals surface area contributed by atoms with Gasteiger partial charge in [0.1, 0.15) is 0 Å². The molecule has 0 aromatic heterocycles. The van der Waals surface area contributed by atoms with Gasteiger partial charge in [-0.15, -0.1) is 0 Å². The van der Waals surface area contributed by atoms with Gasteiger partial charge in [0.2, 0.25) is 0 Å². The topological polar surface area (TPSA) is 71.1 Å². The molecule has 0 amide bonds. The lowest BCUT2D eigenvalue weighted by atomic mass is 10.1. The SMILES string of the molecule is CO[C@H](C)CCOC(=O)c1ccccc1C(=O)OCC[C@H](C)OC. The van der Waals surface area contributed by atoms with Gasteiger partial charge in [0.15, 0.2) is 0 Å². The lowest BCUT2D eigenvalue weighted by Gasteiger charge is -2.12. The van der Waals surface area contributed by atoms with Gasteiger partial charge in [0.25, 0.3) is 0 Å². The number of carbonyl (C=O) groups is 2. The van der Waals surface area contributed by atoms with Gasteiger partial charge in [-0.1, -0.05) is 12.1 Å². The van der Waals surface area contributed by atoms with Crippen molar-refractivity contribution in [1.29, 1.82) is 0 Å². The van der Waals surface area contributed by atoms with Crippen LogP contribution in [0.5, 0.6) is 0 Å². The van der Waals surface area contributed by atoms with Crippen molar-refractivity contribution in [2.24, 2.45) is 0 Å². The van der Waals surface area contributed by atoms with Crippen LogP contribution in [0.2, 0.25) is 0 Å². The highest BCUT2D eigenvalue weighted by molar-refractivity contribution is 6.03. The molecule has 1 aromatic rings. The molecule has 0 radical (unpaired) electrons. The molecular weight excluding hydrogens is 312 g/mol. The van der Waals surface area contributed by atoms with Gasteiger partial charge in [-0.3, -0.25) is 0 Å². The van der Waals surface area contributed by atoms with Gasteiger partial charge >= 0.3 is 11.9 Å². The average Bonchev–Trinajstić information content (AvgIpc) is 2.60. The molecular formula is C18H26O6. The van der Waals surface area contributed by atoms with Crippen LogP contribution in [0.3, 0.4) is 0 Å². The zero-order valence-electron chi connectivity index (χ0n) is 14.7. The van der Waals surface area contributed by atoms with E-state index in [2.05, 4.69) is 0 Å². The van der Waals surface area contributed by atoms with Crippen LogP contribution in [0.4, 0.5) is 0 Å². The Morgan fingerprint density at radius 2 is 1.21 bits per heavy atom. The second-order valence-corrected chi connectivity index (χ2v) is 5.49. The second-order valence-electron chi connectivity index (χ2n) is 5.49. The molecule has 0 aliphatic heterocycles. The van der Waals surface area contributed by atoms with E-state index in [1.807, 2.05) is 13.8 Å². The maximum absolute atomic E-state index is 12.2. The molecule has 0 N–H and O–H groups in total. The number of ether oxygens (including phenoxy) is 4. The summed E-state index contributed by atoms with van der Waals surface area (Å²) in [6.07, 6.45) is 1.18. The summed E-state index contributed by atoms with van der Waals surface area (Å²) in [5.41, 5.74) is 0.403. The van der Waals surface area contributed by atoms with Crippen LogP contribution in [0.15, 0.2) is 24.3 Å². The highest BCUT2D eigenvalue weighted by Gasteiger charge is 2.19. The van der Waals surface area contributed by atoms with Crippen molar-refractivity contribution < 1.29 is 28.5 Å². The van der Waals surface area contributed by atoms with Gasteiger partial charge < -0.3 is 18.9 Å². The molecule has 1 rings (SSSR count). The summed E-state index contributed by atoms with van der Waals surface area (Å²) >= 11 is 0. The number of carbonyl (C=O) groups excluding carboxylic acids is 2. The van der Waals surface area contributed by atoms with Crippen LogP contribution in [0.1, 0.15) is 47.4 Å². The third-order valence-electron chi connectivity index (χ3n) is 3.69. The Balaban J connectivity index is 2.63. The molecule has 2 atom stereocenters. The normalized spacial score (nSPS) is 13.2. The number of esters is 2. The summed E-state index contributed by atoms with van der Waals surface area (Å²) in [5, 5.41) is 0. The van der Waals surface area contributed by atoms with E-state index in [0.717, 1.165) is 0 Å². The molecule has 0 aliphatic rings. The van der Waals surface area contributed by atoms with Gasteiger partial charge in [0.05, 0.1) is 36.5 Å². The first-order valence-electron chi connectivity index (χ1n) is 7.98. The molecule has 0 spiro atoms. The van der Waals surface area contributed by atoms with E-state index < -0.39 is 11.9 Å². The van der Waals surface area contributed by atoms with Crippen molar-refractivity contribution in [3.8, 4) is 0 Å². The van der Waals surface area contributed by atoms with Crippen molar-refractivity contribution >= 4 is 11.9 Å². The predicted octanol–water partition coefficient (Wildman–Crippen LogP) is 2.85. The standard InChI is InChI=1S/C18H26O6/c1-13(21-3)9-11-23-17(19)15-7-5-6-8-16(15)18(20)24-12-10-14(2)22-4/h5-8,13-14H,9-12H2,1-4H3/t13-,14+. The van der Waals surface area contributed by atoms with E-state index in [9.17, 15) is 9.59 Å². The minimum Gasteiger partial charge on any atom is -0.462 e. The molecule has 134 valence electrons. The minimum atomic E-state index is -0.545. The van der Waals surface area contributed by atoms with E-state index in [4.69, 9.17) is 18.9 Å². The van der Waals surface area contributed by atoms with Gasteiger partial charge in [-0.2, -0.15) is 0 Å². The lowest BCUT2D eigenvalue weighted by Crippen LogP contribution is -2.17. The van der Waals surface area contributed by atoms with Crippen LogP contribution in [-0.4, -0.2) is 51.6 Å². The number of rotatable bonds is 10. The summed E-state index contributed by atoms with van der Waals surface area (Å²) in [6, 6.07) is 6.46. The monoisotopic (exact) mass is 338 g/mol. The number of benzene rings is 1. The molecule has 0 heterocycles. The molecule has 0 fully saturated rings. The Kier molecular flexibility index (Phi) is 9.04. The Morgan fingerprint density at radius 1 is 0.833 bits per heavy atom. The van der Waals surface area contributed by atoms with Crippen LogP contribution in [0, 0.1) is 0 Å². The van der Waals surface area contributed by atoms with Crippen LogP contribution in [-0.2, 0) is 18.9 Å². The van der Waals surface area contributed by atoms with Gasteiger partial charge in [-0.25, -0.2) is 9.59 Å². The zero-order valence-corrected chi connectivity index (χ0v) is 14.7. The molecule has 0 aliphatic carbocycles. The fourth-order valence-electron chi connectivity index (χ4n) is 1.87. The average molecular weight is 338 g/mol. The Morgan fingerprint density at radius 3 is 1.54 bits per heavy atom. The van der Waals surface area contributed by atoms with E-state index in [1.54, 1.807) is 38.5 Å². The van der Waals surface area contributed by atoms with Crippen molar-refractivity contribution in [2.45, 2.75) is 38.9 Å². The number of hydrogen-bond acceptors (Lipinski definition) is 6. The second kappa shape index (κ2) is 10.8. The lowest BCUT2D eigenvalue weighted by molar-refractivity contribution is 0.0347. The molecule has 6 heteroatoms. The maximum Gasteiger partial charge on any atom is 0.339 e. The van der Waals surface area contributed by atoms with E-state index in [1.165, 1.54) is 0 Å². The van der Waals surface area contributed by atoms with Crippen molar-refractivity contribution in [3.05, 3.63) is 35.4 Å². The van der Waals surface area contributed by atoms with Crippen LogP contribution >= 0.6 is 0 Å². The highest BCUT2D eigenvalue weighted by atomic mass is 16.5. The zero-order chi connectivity index (χ0) is 17.9. The molecule has 24 heavy (non-hydrogen) atoms. The number of methoxy groups -OCH3 is 2. The Hall–Kier alpha value is -1.92. The quantitative estimate of drug-likeness (QED) is 0.611. The molecule has 0 saturated carbocycles. The van der Waals surface area contributed by atoms with E-state index in [0.29, 0.717) is 12.8 Å².